The van der Waals surface area contributed by atoms with Crippen LogP contribution in [0.3, 0.4) is 0 Å². The van der Waals surface area contributed by atoms with Crippen molar-refractivity contribution < 1.29 is 26.8 Å². The Balaban J connectivity index is 1.63. The summed E-state index contributed by atoms with van der Waals surface area (Å²) in [6, 6.07) is 16.3. The second-order valence-corrected chi connectivity index (χ2v) is 14.0. The Morgan fingerprint density at radius 3 is 2.22 bits per heavy atom. The molecule has 1 N–H and O–H groups in total. The van der Waals surface area contributed by atoms with Gasteiger partial charge in [0.1, 0.15) is 6.04 Å². The summed E-state index contributed by atoms with van der Waals surface area (Å²) in [5, 5.41) is 3.84. The number of halogens is 4. The molecule has 2 amide bonds. The zero-order valence-electron chi connectivity index (χ0n) is 25.0. The Kier molecular flexibility index (Phi) is 12.2. The smallest absolute Gasteiger partial charge is 0.243 e. The molecule has 1 atom stereocenters. The molecule has 0 spiro atoms. The SMILES string of the molecule is CS(=O)(=O)N(CCCC(=O)N(Cc1c(Cl)cccc1Cl)C(Cc1ccccc1)C(=O)NC1CCCCC1)c1ccc(F)c(F)c1. The van der Waals surface area contributed by atoms with Crippen LogP contribution in [-0.4, -0.2) is 50.0 Å². The molecule has 1 fully saturated rings. The van der Waals surface area contributed by atoms with Gasteiger partial charge < -0.3 is 10.2 Å². The van der Waals surface area contributed by atoms with Gasteiger partial charge in [0.25, 0.3) is 0 Å². The first-order valence-corrected chi connectivity index (χ1v) is 17.5. The lowest BCUT2D eigenvalue weighted by Gasteiger charge is -2.34. The predicted molar refractivity (Wildman–Crippen MR) is 174 cm³/mol. The van der Waals surface area contributed by atoms with Crippen molar-refractivity contribution in [1.29, 1.82) is 0 Å². The van der Waals surface area contributed by atoms with Crippen LogP contribution >= 0.6 is 23.2 Å². The quantitative estimate of drug-likeness (QED) is 0.213. The van der Waals surface area contributed by atoms with Crippen LogP contribution in [0.2, 0.25) is 10.0 Å². The Morgan fingerprint density at radius 1 is 0.933 bits per heavy atom. The maximum absolute atomic E-state index is 14.0. The molecule has 242 valence electrons. The molecule has 45 heavy (non-hydrogen) atoms. The van der Waals surface area contributed by atoms with E-state index in [4.69, 9.17) is 23.2 Å². The van der Waals surface area contributed by atoms with E-state index in [1.54, 1.807) is 18.2 Å². The summed E-state index contributed by atoms with van der Waals surface area (Å²) in [6.07, 6.45) is 5.95. The predicted octanol–water partition coefficient (Wildman–Crippen LogP) is 6.91. The van der Waals surface area contributed by atoms with Crippen molar-refractivity contribution in [2.75, 3.05) is 17.1 Å². The van der Waals surface area contributed by atoms with Gasteiger partial charge in [-0.25, -0.2) is 17.2 Å². The van der Waals surface area contributed by atoms with E-state index in [9.17, 15) is 26.8 Å². The van der Waals surface area contributed by atoms with Crippen molar-refractivity contribution in [3.63, 3.8) is 0 Å². The number of carbonyl (C=O) groups excluding carboxylic acids is 2. The standard InChI is InChI=1S/C33H37Cl2F2N3O4S/c1-45(43,44)40(25-17-18-29(36)30(37)21-25)19-9-16-32(41)39(22-26-27(34)14-8-15-28(26)35)31(20-23-10-4-2-5-11-23)33(42)38-24-12-6-3-7-13-24/h2,4-5,8,10-11,14-15,17-18,21,24,31H,3,6-7,9,12-13,16,19-20,22H2,1H3,(H,38,42). The monoisotopic (exact) mass is 679 g/mol. The molecule has 0 aliphatic heterocycles. The Labute approximate surface area is 273 Å². The number of hydrogen-bond acceptors (Lipinski definition) is 4. The van der Waals surface area contributed by atoms with Crippen LogP contribution in [0.4, 0.5) is 14.5 Å². The minimum Gasteiger partial charge on any atom is -0.352 e. The molecule has 12 heteroatoms. The number of hydrogen-bond donors (Lipinski definition) is 1. The van der Waals surface area contributed by atoms with Gasteiger partial charge in [-0.15, -0.1) is 0 Å². The Morgan fingerprint density at radius 2 is 1.60 bits per heavy atom. The van der Waals surface area contributed by atoms with Crippen molar-refractivity contribution in [2.24, 2.45) is 0 Å². The van der Waals surface area contributed by atoms with Crippen molar-refractivity contribution in [3.05, 3.63) is 99.5 Å². The second kappa shape index (κ2) is 15.9. The number of sulfonamides is 1. The van der Waals surface area contributed by atoms with E-state index >= 15 is 0 Å². The number of amides is 2. The van der Waals surface area contributed by atoms with Crippen LogP contribution in [0, 0.1) is 11.6 Å². The summed E-state index contributed by atoms with van der Waals surface area (Å²) in [4.78, 5) is 29.5. The third-order valence-electron chi connectivity index (χ3n) is 7.96. The van der Waals surface area contributed by atoms with Crippen LogP contribution in [-0.2, 0) is 32.6 Å². The van der Waals surface area contributed by atoms with Crippen LogP contribution < -0.4 is 9.62 Å². The Bertz CT molecular complexity index is 1570. The maximum Gasteiger partial charge on any atom is 0.243 e. The number of rotatable bonds is 13. The number of nitrogens with one attached hydrogen (secondary N) is 1. The second-order valence-electron chi connectivity index (χ2n) is 11.3. The summed E-state index contributed by atoms with van der Waals surface area (Å²) in [5.74, 6) is -2.99. The fourth-order valence-electron chi connectivity index (χ4n) is 5.60. The molecule has 7 nitrogen and oxygen atoms in total. The van der Waals surface area contributed by atoms with Crippen LogP contribution in [0.25, 0.3) is 0 Å². The molecule has 4 rings (SSSR count). The number of carbonyl (C=O) groups is 2. The normalized spacial score (nSPS) is 14.5. The molecule has 0 radical (unpaired) electrons. The van der Waals surface area contributed by atoms with Gasteiger partial charge in [0, 0.05) is 53.6 Å². The van der Waals surface area contributed by atoms with Crippen molar-refractivity contribution in [1.82, 2.24) is 10.2 Å². The zero-order valence-corrected chi connectivity index (χ0v) is 27.4. The third kappa shape index (κ3) is 9.64. The molecule has 3 aromatic carbocycles. The highest BCUT2D eigenvalue weighted by atomic mass is 35.5. The third-order valence-corrected chi connectivity index (χ3v) is 9.86. The van der Waals surface area contributed by atoms with Crippen molar-refractivity contribution >= 4 is 50.7 Å². The molecule has 0 bridgehead atoms. The highest BCUT2D eigenvalue weighted by molar-refractivity contribution is 7.92. The molecule has 1 aliphatic rings. The molecule has 0 aromatic heterocycles. The highest BCUT2D eigenvalue weighted by Crippen LogP contribution is 2.28. The van der Waals surface area contributed by atoms with Gasteiger partial charge >= 0.3 is 0 Å². The first-order chi connectivity index (χ1) is 21.4. The van der Waals surface area contributed by atoms with Crippen LogP contribution in [0.1, 0.15) is 56.1 Å². The van der Waals surface area contributed by atoms with Gasteiger partial charge in [0.05, 0.1) is 11.9 Å². The molecule has 0 heterocycles. The van der Waals surface area contributed by atoms with E-state index in [1.165, 1.54) is 11.0 Å². The lowest BCUT2D eigenvalue weighted by atomic mass is 9.94. The van der Waals surface area contributed by atoms with Gasteiger partial charge in [-0.3, -0.25) is 13.9 Å². The van der Waals surface area contributed by atoms with E-state index in [1.807, 2.05) is 30.3 Å². The average molecular weight is 681 g/mol. The molecular weight excluding hydrogens is 643 g/mol. The first kappa shape index (κ1) is 34.7. The van der Waals surface area contributed by atoms with Crippen LogP contribution in [0.5, 0.6) is 0 Å². The fourth-order valence-corrected chi connectivity index (χ4v) is 7.07. The van der Waals surface area contributed by atoms with Gasteiger partial charge in [0.2, 0.25) is 21.8 Å². The highest BCUT2D eigenvalue weighted by Gasteiger charge is 2.33. The zero-order chi connectivity index (χ0) is 32.6. The summed E-state index contributed by atoms with van der Waals surface area (Å²) in [6.45, 7) is -0.222. The summed E-state index contributed by atoms with van der Waals surface area (Å²) in [5.41, 5.74) is 1.28. The molecule has 1 unspecified atom stereocenters. The fraction of sp³-hybridized carbons (Fsp3) is 0.394. The van der Waals surface area contributed by atoms with E-state index in [-0.39, 0.29) is 50.0 Å². The Hall–Kier alpha value is -3.21. The molecular formula is C33H37Cl2F2N3O4S. The summed E-state index contributed by atoms with van der Waals surface area (Å²) in [7, 11) is -3.89. The van der Waals surface area contributed by atoms with Gasteiger partial charge in [-0.1, -0.05) is 78.9 Å². The van der Waals surface area contributed by atoms with Gasteiger partial charge in [0.15, 0.2) is 11.6 Å². The number of nitrogens with zero attached hydrogens (tertiary/aromatic N) is 2. The molecule has 0 saturated heterocycles. The molecule has 3 aromatic rings. The topological polar surface area (TPSA) is 86.8 Å². The minimum absolute atomic E-state index is 0.00444. The van der Waals surface area contributed by atoms with E-state index in [2.05, 4.69) is 5.32 Å². The average Bonchev–Trinajstić information content (AvgIpc) is 3.00. The molecule has 1 aliphatic carbocycles. The van der Waals surface area contributed by atoms with Crippen molar-refractivity contribution in [2.45, 2.75) is 70.0 Å². The number of anilines is 1. The van der Waals surface area contributed by atoms with Gasteiger partial charge in [-0.05, 0) is 49.1 Å². The summed E-state index contributed by atoms with van der Waals surface area (Å²) >= 11 is 13.0. The largest absolute Gasteiger partial charge is 0.352 e. The van der Waals surface area contributed by atoms with Crippen molar-refractivity contribution in [3.8, 4) is 0 Å². The van der Waals surface area contributed by atoms with Crippen LogP contribution in [0.15, 0.2) is 66.7 Å². The molecule has 1 saturated carbocycles. The minimum atomic E-state index is -3.89. The number of benzene rings is 3. The van der Waals surface area contributed by atoms with E-state index in [0.29, 0.717) is 15.6 Å². The lowest BCUT2D eigenvalue weighted by Crippen LogP contribution is -2.53. The van der Waals surface area contributed by atoms with E-state index < -0.39 is 33.6 Å². The maximum atomic E-state index is 14.0. The lowest BCUT2D eigenvalue weighted by molar-refractivity contribution is -0.141. The first-order valence-electron chi connectivity index (χ1n) is 14.9. The summed E-state index contributed by atoms with van der Waals surface area (Å²) < 4.78 is 53.6. The van der Waals surface area contributed by atoms with Gasteiger partial charge in [-0.2, -0.15) is 0 Å². The van der Waals surface area contributed by atoms with E-state index in [0.717, 1.165) is 60.4 Å².